The van der Waals surface area contributed by atoms with Crippen LogP contribution in [0.15, 0.2) is 54.7 Å². The van der Waals surface area contributed by atoms with Crippen molar-refractivity contribution in [1.82, 2.24) is 24.5 Å². The maximum absolute atomic E-state index is 13.7. The summed E-state index contributed by atoms with van der Waals surface area (Å²) in [6, 6.07) is 15.0. The van der Waals surface area contributed by atoms with Gasteiger partial charge in [-0.3, -0.25) is 14.9 Å². The summed E-state index contributed by atoms with van der Waals surface area (Å²) < 4.78 is 1.72. The average molecular weight is 611 g/mol. The molecular weight excluding hydrogens is 576 g/mol. The number of aryl methyl sites for hydroxylation is 1. The molecule has 3 fully saturated rings. The fraction of sp³-hybridized carbons (Fsp3) is 0.406. The Labute approximate surface area is 259 Å². The molecule has 0 saturated carbocycles. The molecule has 0 aliphatic carbocycles. The van der Waals surface area contributed by atoms with E-state index in [4.69, 9.17) is 0 Å². The molecule has 4 aromatic rings. The Morgan fingerprint density at radius 3 is 2.47 bits per heavy atom. The number of carbonyl (C=O) groups is 2. The molecule has 3 saturated heterocycles. The van der Waals surface area contributed by atoms with E-state index < -0.39 is 10.9 Å². The zero-order valence-corrected chi connectivity index (χ0v) is 25.2. The third-order valence-corrected chi connectivity index (χ3v) is 9.82. The summed E-state index contributed by atoms with van der Waals surface area (Å²) in [5, 5.41) is 25.4. The van der Waals surface area contributed by atoms with E-state index in [9.17, 15) is 24.8 Å². The highest BCUT2D eigenvalue weighted by Crippen LogP contribution is 2.42. The summed E-state index contributed by atoms with van der Waals surface area (Å²) in [5.41, 5.74) is 3.13. The van der Waals surface area contributed by atoms with E-state index in [1.54, 1.807) is 9.42 Å². The van der Waals surface area contributed by atoms with Crippen molar-refractivity contribution in [3.05, 3.63) is 87.5 Å². The quantitative estimate of drug-likeness (QED) is 0.251. The van der Waals surface area contributed by atoms with Gasteiger partial charge in [-0.05, 0) is 43.4 Å². The zero-order valence-electron chi connectivity index (χ0n) is 25.2. The molecule has 1 aromatic carbocycles. The molecule has 1 N–H and O–H groups in total. The van der Waals surface area contributed by atoms with E-state index in [-0.39, 0.29) is 39.8 Å². The van der Waals surface area contributed by atoms with Gasteiger partial charge >= 0.3 is 5.97 Å². The Kier molecular flexibility index (Phi) is 6.71. The molecule has 3 aliphatic heterocycles. The van der Waals surface area contributed by atoms with Gasteiger partial charge in [0, 0.05) is 56.2 Å². The van der Waals surface area contributed by atoms with E-state index in [2.05, 4.69) is 57.2 Å². The molecule has 13 heteroatoms. The normalized spacial score (nSPS) is 23.0. The van der Waals surface area contributed by atoms with Crippen molar-refractivity contribution in [2.24, 2.45) is 5.41 Å². The number of nitrogens with zero attached hydrogens (tertiary/aromatic N) is 8. The SMILES string of the molecule is Cc1cc(N2CC[C@](C)(c3ccccc3)C2)cn2nc(C(=O)N3CC[C@@]4(CCN(c5cc([N+](=O)[O-])cc(C(=O)O)n5)C4)C3)nc12. The number of carbonyl (C=O) groups excluding carboxylic acids is 1. The summed E-state index contributed by atoms with van der Waals surface area (Å²) in [7, 11) is 0. The van der Waals surface area contributed by atoms with Crippen LogP contribution in [-0.2, 0) is 5.41 Å². The molecule has 2 atom stereocenters. The van der Waals surface area contributed by atoms with E-state index in [1.807, 2.05) is 24.1 Å². The van der Waals surface area contributed by atoms with Crippen LogP contribution in [0.3, 0.4) is 0 Å². The lowest BCUT2D eigenvalue weighted by molar-refractivity contribution is -0.384. The number of aromatic carboxylic acids is 1. The van der Waals surface area contributed by atoms with Crippen LogP contribution >= 0.6 is 0 Å². The number of amides is 1. The number of nitro groups is 1. The molecule has 45 heavy (non-hydrogen) atoms. The second-order valence-corrected chi connectivity index (χ2v) is 13.0. The van der Waals surface area contributed by atoms with Gasteiger partial charge in [-0.2, -0.15) is 0 Å². The van der Waals surface area contributed by atoms with Crippen molar-refractivity contribution >= 4 is 34.7 Å². The van der Waals surface area contributed by atoms with Gasteiger partial charge < -0.3 is 19.8 Å². The topological polar surface area (TPSA) is 150 Å². The summed E-state index contributed by atoms with van der Waals surface area (Å²) in [4.78, 5) is 50.8. The molecule has 3 aromatic heterocycles. The van der Waals surface area contributed by atoms with Crippen LogP contribution in [0.2, 0.25) is 0 Å². The standard InChI is InChI=1S/C32H34N8O5/c1-21-14-24(36-11-8-31(2,18-36)22-6-4-3-5-7-22)17-39-28(21)34-27(35-39)29(41)38-13-10-32(20-38)9-12-37(19-32)26-16-23(40(44)45)15-25(33-26)30(42)43/h3-7,14-17H,8-13,18-20H2,1-2H3,(H,42,43)/t31-,32+/m0/s1. The monoisotopic (exact) mass is 610 g/mol. The molecule has 1 amide bonds. The van der Waals surface area contributed by atoms with E-state index in [1.165, 1.54) is 11.6 Å². The summed E-state index contributed by atoms with van der Waals surface area (Å²) in [5.74, 6) is -1.13. The maximum atomic E-state index is 13.7. The lowest BCUT2D eigenvalue weighted by atomic mass is 9.82. The lowest BCUT2D eigenvalue weighted by Crippen LogP contribution is -2.34. The van der Waals surface area contributed by atoms with Gasteiger partial charge in [-0.1, -0.05) is 37.3 Å². The second kappa shape index (κ2) is 10.5. The number of anilines is 2. The van der Waals surface area contributed by atoms with Gasteiger partial charge in [0.2, 0.25) is 5.82 Å². The average Bonchev–Trinajstić information content (AvgIpc) is 3.84. The fourth-order valence-corrected chi connectivity index (χ4v) is 7.24. The van der Waals surface area contributed by atoms with Gasteiger partial charge in [0.1, 0.15) is 5.82 Å². The highest BCUT2D eigenvalue weighted by atomic mass is 16.6. The lowest BCUT2D eigenvalue weighted by Gasteiger charge is -2.26. The minimum Gasteiger partial charge on any atom is -0.477 e. The first kappa shape index (κ1) is 28.7. The number of carboxylic acid groups (broad SMARTS) is 1. The van der Waals surface area contributed by atoms with Crippen LogP contribution in [0.1, 0.15) is 58.4 Å². The molecule has 7 rings (SSSR count). The minimum atomic E-state index is -1.32. The van der Waals surface area contributed by atoms with E-state index in [0.717, 1.165) is 49.7 Å². The highest BCUT2D eigenvalue weighted by Gasteiger charge is 2.46. The Balaban J connectivity index is 1.06. The van der Waals surface area contributed by atoms with Crippen molar-refractivity contribution < 1.29 is 19.6 Å². The number of carboxylic acids is 1. The van der Waals surface area contributed by atoms with Gasteiger partial charge in [0.15, 0.2) is 11.3 Å². The predicted molar refractivity (Wildman–Crippen MR) is 166 cm³/mol. The third-order valence-electron chi connectivity index (χ3n) is 9.82. The number of hydrogen-bond donors (Lipinski definition) is 1. The van der Waals surface area contributed by atoms with Crippen LogP contribution < -0.4 is 9.80 Å². The van der Waals surface area contributed by atoms with Gasteiger partial charge in [0.05, 0.1) is 22.9 Å². The van der Waals surface area contributed by atoms with Crippen LogP contribution in [-0.4, -0.2) is 85.7 Å². The number of fused-ring (bicyclic) bond motifs is 1. The number of pyridine rings is 2. The fourth-order valence-electron chi connectivity index (χ4n) is 7.24. The predicted octanol–water partition coefficient (Wildman–Crippen LogP) is 3.95. The van der Waals surface area contributed by atoms with Crippen LogP contribution in [0.4, 0.5) is 17.2 Å². The van der Waals surface area contributed by atoms with E-state index >= 15 is 0 Å². The smallest absolute Gasteiger partial charge is 0.354 e. The summed E-state index contributed by atoms with van der Waals surface area (Å²) >= 11 is 0. The molecule has 1 spiro atoms. The summed E-state index contributed by atoms with van der Waals surface area (Å²) in [6.45, 7) is 8.22. The molecular formula is C32H34N8O5. The first-order valence-electron chi connectivity index (χ1n) is 15.1. The Bertz CT molecular complexity index is 1810. The van der Waals surface area contributed by atoms with Crippen molar-refractivity contribution in [3.63, 3.8) is 0 Å². The van der Waals surface area contributed by atoms with Gasteiger partial charge in [-0.15, -0.1) is 5.10 Å². The van der Waals surface area contributed by atoms with Crippen LogP contribution in [0.5, 0.6) is 0 Å². The minimum absolute atomic E-state index is 0.0545. The van der Waals surface area contributed by atoms with Crippen molar-refractivity contribution in [2.45, 2.75) is 38.5 Å². The Morgan fingerprint density at radius 1 is 0.956 bits per heavy atom. The van der Waals surface area contributed by atoms with Crippen LogP contribution in [0.25, 0.3) is 5.65 Å². The summed E-state index contributed by atoms with van der Waals surface area (Å²) in [6.07, 6.45) is 4.51. The molecule has 0 radical (unpaired) electrons. The first-order chi connectivity index (χ1) is 21.5. The highest BCUT2D eigenvalue weighted by molar-refractivity contribution is 5.91. The number of benzene rings is 1. The third kappa shape index (κ3) is 5.11. The molecule has 6 heterocycles. The Hall–Kier alpha value is -5.07. The molecule has 3 aliphatic rings. The molecule has 0 unspecified atom stereocenters. The first-order valence-corrected chi connectivity index (χ1v) is 15.1. The van der Waals surface area contributed by atoms with Crippen molar-refractivity contribution in [1.29, 1.82) is 0 Å². The second-order valence-electron chi connectivity index (χ2n) is 13.0. The zero-order chi connectivity index (χ0) is 31.5. The molecule has 13 nitrogen and oxygen atoms in total. The molecule has 232 valence electrons. The van der Waals surface area contributed by atoms with Crippen molar-refractivity contribution in [3.8, 4) is 0 Å². The molecule has 0 bridgehead atoms. The van der Waals surface area contributed by atoms with Gasteiger partial charge in [-0.25, -0.2) is 19.3 Å². The Morgan fingerprint density at radius 2 is 1.71 bits per heavy atom. The van der Waals surface area contributed by atoms with E-state index in [0.29, 0.717) is 31.8 Å². The number of likely N-dealkylation sites (tertiary alicyclic amines) is 1. The number of hydrogen-bond acceptors (Lipinski definition) is 9. The number of aromatic nitrogens is 4. The van der Waals surface area contributed by atoms with Gasteiger partial charge in [0.25, 0.3) is 11.6 Å². The van der Waals surface area contributed by atoms with Crippen LogP contribution in [0, 0.1) is 22.5 Å². The number of rotatable bonds is 6. The maximum Gasteiger partial charge on any atom is 0.354 e. The largest absolute Gasteiger partial charge is 0.477 e. The van der Waals surface area contributed by atoms with Crippen molar-refractivity contribution in [2.75, 3.05) is 49.1 Å².